The Balaban J connectivity index is 1.97. The lowest BCUT2D eigenvalue weighted by Gasteiger charge is -2.34. The Labute approximate surface area is 156 Å². The van der Waals surface area contributed by atoms with Gasteiger partial charge in [0, 0.05) is 43.0 Å². The molecule has 0 spiro atoms. The Morgan fingerprint density at radius 3 is 2.19 bits per heavy atom. The zero-order valence-corrected chi connectivity index (χ0v) is 16.5. The zero-order chi connectivity index (χ0) is 18.9. The normalized spacial score (nSPS) is 16.0. The molecule has 0 atom stereocenters. The van der Waals surface area contributed by atoms with E-state index in [1.165, 1.54) is 0 Å². The van der Waals surface area contributed by atoms with E-state index in [1.807, 2.05) is 24.3 Å². The summed E-state index contributed by atoms with van der Waals surface area (Å²) >= 11 is 0. The topological polar surface area (TPSA) is 15.7 Å². The molecule has 0 saturated carbocycles. The van der Waals surface area contributed by atoms with Crippen molar-refractivity contribution in [2.75, 3.05) is 45.2 Å². The summed E-state index contributed by atoms with van der Waals surface area (Å²) in [5.41, 5.74) is 3.51. The number of nitrogens with zero attached hydrogens (tertiary/aromatic N) is 2. The summed E-state index contributed by atoms with van der Waals surface area (Å²) in [4.78, 5) is 4.54. The maximum absolute atomic E-state index is 15.0. The van der Waals surface area contributed by atoms with Gasteiger partial charge in [0.25, 0.3) is 0 Å². The molecule has 4 heteroatoms. The minimum atomic E-state index is -0.203. The summed E-state index contributed by atoms with van der Waals surface area (Å²) in [6.07, 6.45) is 0. The van der Waals surface area contributed by atoms with Crippen molar-refractivity contribution in [3.63, 3.8) is 0 Å². The van der Waals surface area contributed by atoms with Crippen LogP contribution >= 0.6 is 0 Å². The number of halogens is 1. The molecule has 3 nitrogen and oxygen atoms in total. The Kier molecular flexibility index (Phi) is 5.24. The number of hydrogen-bond acceptors (Lipinski definition) is 3. The Hall–Kier alpha value is -2.07. The van der Waals surface area contributed by atoms with E-state index in [2.05, 4.69) is 43.7 Å². The van der Waals surface area contributed by atoms with Crippen LogP contribution in [-0.4, -0.2) is 45.2 Å². The van der Waals surface area contributed by atoms with Crippen molar-refractivity contribution in [1.29, 1.82) is 0 Å². The highest BCUT2D eigenvalue weighted by atomic mass is 19.1. The predicted octanol–water partition coefficient (Wildman–Crippen LogP) is 4.55. The molecule has 1 heterocycles. The van der Waals surface area contributed by atoms with E-state index < -0.39 is 0 Å². The van der Waals surface area contributed by atoms with Crippen LogP contribution in [0.3, 0.4) is 0 Å². The molecule has 0 unspecified atom stereocenters. The average Bonchev–Trinajstić information content (AvgIpc) is 2.61. The highest BCUT2D eigenvalue weighted by Crippen LogP contribution is 2.37. The van der Waals surface area contributed by atoms with E-state index in [0.717, 1.165) is 43.0 Å². The summed E-state index contributed by atoms with van der Waals surface area (Å²) in [5, 5.41) is 0. The van der Waals surface area contributed by atoms with E-state index in [0.29, 0.717) is 11.3 Å². The molecule has 0 amide bonds. The lowest BCUT2D eigenvalue weighted by Crippen LogP contribution is -2.44. The second kappa shape index (κ2) is 7.28. The molecule has 1 saturated heterocycles. The molecule has 2 aromatic rings. The Bertz CT molecular complexity index is 774. The van der Waals surface area contributed by atoms with Crippen LogP contribution in [0.5, 0.6) is 5.75 Å². The van der Waals surface area contributed by atoms with Gasteiger partial charge in [-0.25, -0.2) is 4.39 Å². The highest BCUT2D eigenvalue weighted by molar-refractivity contribution is 5.74. The molecular formula is C22H29FN2O. The number of piperazine rings is 1. The fourth-order valence-corrected chi connectivity index (χ4v) is 3.37. The van der Waals surface area contributed by atoms with Crippen molar-refractivity contribution in [3.05, 3.63) is 47.8 Å². The Morgan fingerprint density at radius 1 is 0.923 bits per heavy atom. The quantitative estimate of drug-likeness (QED) is 0.802. The molecule has 2 aromatic carbocycles. The third kappa shape index (κ3) is 3.85. The van der Waals surface area contributed by atoms with Crippen LogP contribution in [0.2, 0.25) is 0 Å². The fraction of sp³-hybridized carbons (Fsp3) is 0.455. The van der Waals surface area contributed by atoms with Gasteiger partial charge in [0.15, 0.2) is 0 Å². The number of methoxy groups -OCH3 is 1. The number of benzene rings is 2. The van der Waals surface area contributed by atoms with Gasteiger partial charge in [-0.05, 0) is 48.4 Å². The molecule has 0 N–H and O–H groups in total. The first-order valence-corrected chi connectivity index (χ1v) is 9.21. The first-order chi connectivity index (χ1) is 12.3. The van der Waals surface area contributed by atoms with Crippen LogP contribution < -0.4 is 9.64 Å². The predicted molar refractivity (Wildman–Crippen MR) is 107 cm³/mol. The van der Waals surface area contributed by atoms with Gasteiger partial charge in [-0.2, -0.15) is 0 Å². The number of ether oxygens (including phenoxy) is 1. The number of likely N-dealkylation sites (N-methyl/N-ethyl adjacent to an activating group) is 1. The average molecular weight is 356 g/mol. The number of rotatable bonds is 3. The van der Waals surface area contributed by atoms with E-state index in [9.17, 15) is 0 Å². The number of hydrogen-bond donors (Lipinski definition) is 0. The van der Waals surface area contributed by atoms with Crippen LogP contribution in [0.25, 0.3) is 11.1 Å². The fourth-order valence-electron chi connectivity index (χ4n) is 3.37. The van der Waals surface area contributed by atoms with Gasteiger partial charge in [-0.3, -0.25) is 0 Å². The summed E-state index contributed by atoms with van der Waals surface area (Å²) < 4.78 is 20.5. The SMILES string of the molecule is COc1ccc(C(C)(C)C)cc1-c1ccc(N2CCN(C)CC2)cc1F. The molecule has 3 rings (SSSR count). The minimum Gasteiger partial charge on any atom is -0.496 e. The number of anilines is 1. The van der Waals surface area contributed by atoms with Crippen molar-refractivity contribution in [2.45, 2.75) is 26.2 Å². The summed E-state index contributed by atoms with van der Waals surface area (Å²) in [6.45, 7) is 10.3. The van der Waals surface area contributed by atoms with Gasteiger partial charge >= 0.3 is 0 Å². The molecule has 0 bridgehead atoms. The zero-order valence-electron chi connectivity index (χ0n) is 16.5. The van der Waals surface area contributed by atoms with Gasteiger partial charge < -0.3 is 14.5 Å². The molecule has 1 aliphatic heterocycles. The third-order valence-corrected chi connectivity index (χ3v) is 5.18. The van der Waals surface area contributed by atoms with Crippen LogP contribution in [0.15, 0.2) is 36.4 Å². The van der Waals surface area contributed by atoms with Gasteiger partial charge in [-0.15, -0.1) is 0 Å². The van der Waals surface area contributed by atoms with E-state index in [1.54, 1.807) is 13.2 Å². The second-order valence-corrected chi connectivity index (χ2v) is 8.12. The van der Waals surface area contributed by atoms with Crippen LogP contribution in [0, 0.1) is 5.82 Å². The Morgan fingerprint density at radius 2 is 1.62 bits per heavy atom. The third-order valence-electron chi connectivity index (χ3n) is 5.18. The summed E-state index contributed by atoms with van der Waals surface area (Å²) in [7, 11) is 3.75. The molecule has 1 fully saturated rings. The van der Waals surface area contributed by atoms with Gasteiger partial charge in [0.2, 0.25) is 0 Å². The largest absolute Gasteiger partial charge is 0.496 e. The van der Waals surface area contributed by atoms with Crippen molar-refractivity contribution in [3.8, 4) is 16.9 Å². The monoisotopic (exact) mass is 356 g/mol. The lowest BCUT2D eigenvalue weighted by molar-refractivity contribution is 0.313. The first kappa shape index (κ1) is 18.7. The maximum atomic E-state index is 15.0. The van der Waals surface area contributed by atoms with Crippen LogP contribution in [-0.2, 0) is 5.41 Å². The lowest BCUT2D eigenvalue weighted by atomic mass is 9.85. The van der Waals surface area contributed by atoms with Gasteiger partial charge in [0.1, 0.15) is 11.6 Å². The molecular weight excluding hydrogens is 327 g/mol. The van der Waals surface area contributed by atoms with Crippen molar-refractivity contribution >= 4 is 5.69 Å². The van der Waals surface area contributed by atoms with E-state index in [-0.39, 0.29) is 11.2 Å². The smallest absolute Gasteiger partial charge is 0.133 e. The van der Waals surface area contributed by atoms with E-state index in [4.69, 9.17) is 4.74 Å². The van der Waals surface area contributed by atoms with Crippen molar-refractivity contribution < 1.29 is 9.13 Å². The molecule has 26 heavy (non-hydrogen) atoms. The van der Waals surface area contributed by atoms with Gasteiger partial charge in [0.05, 0.1) is 7.11 Å². The summed E-state index contributed by atoms with van der Waals surface area (Å²) in [6, 6.07) is 11.6. The van der Waals surface area contributed by atoms with Crippen LogP contribution in [0.4, 0.5) is 10.1 Å². The van der Waals surface area contributed by atoms with Crippen molar-refractivity contribution in [1.82, 2.24) is 4.90 Å². The minimum absolute atomic E-state index is 0.00271. The maximum Gasteiger partial charge on any atom is 0.133 e. The van der Waals surface area contributed by atoms with E-state index >= 15 is 4.39 Å². The van der Waals surface area contributed by atoms with Gasteiger partial charge in [-0.1, -0.05) is 26.8 Å². The molecule has 1 aliphatic rings. The van der Waals surface area contributed by atoms with Crippen molar-refractivity contribution in [2.24, 2.45) is 0 Å². The molecule has 140 valence electrons. The summed E-state index contributed by atoms with van der Waals surface area (Å²) in [5.74, 6) is 0.495. The molecule has 0 aliphatic carbocycles. The van der Waals surface area contributed by atoms with Crippen LogP contribution in [0.1, 0.15) is 26.3 Å². The second-order valence-electron chi connectivity index (χ2n) is 8.12. The highest BCUT2D eigenvalue weighted by Gasteiger charge is 2.20. The first-order valence-electron chi connectivity index (χ1n) is 9.21. The molecule has 0 radical (unpaired) electrons. The molecule has 0 aromatic heterocycles. The standard InChI is InChI=1S/C22H29FN2O/c1-22(2,3)16-6-9-21(26-5)19(14-16)18-8-7-17(15-20(18)23)25-12-10-24(4)11-13-25/h6-9,14-15H,10-13H2,1-5H3.